The van der Waals surface area contributed by atoms with E-state index in [-0.39, 0.29) is 6.42 Å². The minimum absolute atomic E-state index is 0.00656. The molecule has 60 valence electrons. The molecule has 0 aromatic carbocycles. The van der Waals surface area contributed by atoms with Gasteiger partial charge in [0.2, 0.25) is 5.91 Å². The molecule has 0 fully saturated rings. The van der Waals surface area contributed by atoms with Crippen LogP contribution < -0.4 is 5.73 Å². The lowest BCUT2D eigenvalue weighted by Gasteiger charge is -2.08. The Morgan fingerprint density at radius 2 is 2.20 bits per heavy atom. The first-order valence-corrected chi connectivity index (χ1v) is 3.24. The number of carbonyl (C=O) groups excluding carboxylic acids is 1. The van der Waals surface area contributed by atoms with Crippen molar-refractivity contribution in [2.75, 3.05) is 6.61 Å². The highest BCUT2D eigenvalue weighted by Crippen LogP contribution is 2.04. The fraction of sp³-hybridized carbons (Fsp3) is 0.800. The molecular formula is C5H10ClNO3. The summed E-state index contributed by atoms with van der Waals surface area (Å²) in [4.78, 5) is 10.2. The lowest BCUT2D eigenvalue weighted by molar-refractivity contribution is -0.118. The Kier molecular flexibility index (Phi) is 4.34. The van der Waals surface area contributed by atoms with Gasteiger partial charge in [-0.1, -0.05) is 0 Å². The second-order valence-corrected chi connectivity index (χ2v) is 2.47. The third-order valence-electron chi connectivity index (χ3n) is 0.998. The highest BCUT2D eigenvalue weighted by molar-refractivity contribution is 6.30. The fourth-order valence-corrected chi connectivity index (χ4v) is 0.635. The van der Waals surface area contributed by atoms with Gasteiger partial charge < -0.3 is 15.9 Å². The number of alkyl halides is 1. The molecule has 0 rings (SSSR count). The van der Waals surface area contributed by atoms with Gasteiger partial charge in [0.15, 0.2) is 0 Å². The van der Waals surface area contributed by atoms with Crippen LogP contribution in [0.25, 0.3) is 0 Å². The first-order valence-electron chi connectivity index (χ1n) is 2.80. The highest BCUT2D eigenvalue weighted by Gasteiger charge is 2.15. The van der Waals surface area contributed by atoms with Crippen molar-refractivity contribution in [2.24, 2.45) is 5.73 Å². The summed E-state index contributed by atoms with van der Waals surface area (Å²) in [6, 6.07) is 0. The maximum absolute atomic E-state index is 10.2. The molecule has 10 heavy (non-hydrogen) atoms. The Bertz CT molecular complexity index is 119. The zero-order valence-corrected chi connectivity index (χ0v) is 6.08. The van der Waals surface area contributed by atoms with E-state index in [9.17, 15) is 4.79 Å². The monoisotopic (exact) mass is 167 g/mol. The quantitative estimate of drug-likeness (QED) is 0.461. The number of nitrogens with two attached hydrogens (primary N) is 1. The summed E-state index contributed by atoms with van der Waals surface area (Å²) in [6.45, 7) is -0.406. The number of rotatable bonds is 4. The van der Waals surface area contributed by atoms with Crippen molar-refractivity contribution in [1.82, 2.24) is 0 Å². The van der Waals surface area contributed by atoms with Crippen LogP contribution in [0.15, 0.2) is 0 Å². The van der Waals surface area contributed by atoms with Crippen LogP contribution in [0.1, 0.15) is 6.42 Å². The average Bonchev–Trinajstić information content (AvgIpc) is 1.87. The van der Waals surface area contributed by atoms with E-state index in [4.69, 9.17) is 27.5 Å². The maximum atomic E-state index is 10.2. The number of carbonyl (C=O) groups is 1. The Morgan fingerprint density at radius 1 is 1.70 bits per heavy atom. The Hall–Kier alpha value is -0.320. The normalized spacial score (nSPS) is 16.3. The molecule has 0 saturated heterocycles. The molecule has 0 aliphatic heterocycles. The molecule has 0 saturated carbocycles. The fourth-order valence-electron chi connectivity index (χ4n) is 0.430. The summed E-state index contributed by atoms with van der Waals surface area (Å²) < 4.78 is 0. The van der Waals surface area contributed by atoms with Crippen molar-refractivity contribution in [3.05, 3.63) is 0 Å². The molecule has 2 unspecified atom stereocenters. The number of hydrogen-bond acceptors (Lipinski definition) is 3. The lowest BCUT2D eigenvalue weighted by atomic mass is 10.2. The summed E-state index contributed by atoms with van der Waals surface area (Å²) in [5.74, 6) is -0.686. The summed E-state index contributed by atoms with van der Waals surface area (Å²) in [7, 11) is 0. The van der Waals surface area contributed by atoms with E-state index >= 15 is 0 Å². The predicted octanol–water partition coefficient (Wildman–Crippen LogP) is -1.18. The van der Waals surface area contributed by atoms with Gasteiger partial charge in [-0.15, -0.1) is 11.6 Å². The molecule has 0 bridgehead atoms. The number of hydrogen-bond donors (Lipinski definition) is 3. The second-order valence-electron chi connectivity index (χ2n) is 1.94. The Labute approximate surface area is 63.6 Å². The molecule has 0 heterocycles. The van der Waals surface area contributed by atoms with Crippen molar-refractivity contribution in [2.45, 2.75) is 17.9 Å². The van der Waals surface area contributed by atoms with Crippen LogP contribution >= 0.6 is 11.6 Å². The topological polar surface area (TPSA) is 83.6 Å². The number of amides is 1. The lowest BCUT2D eigenvalue weighted by Crippen LogP contribution is -2.28. The molecule has 0 aliphatic carbocycles. The third-order valence-corrected chi connectivity index (χ3v) is 1.39. The van der Waals surface area contributed by atoms with E-state index in [1.165, 1.54) is 0 Å². The van der Waals surface area contributed by atoms with Crippen molar-refractivity contribution in [1.29, 1.82) is 0 Å². The number of aliphatic hydroxyl groups is 2. The van der Waals surface area contributed by atoms with E-state index in [2.05, 4.69) is 0 Å². The number of halogens is 1. The van der Waals surface area contributed by atoms with Crippen molar-refractivity contribution < 1.29 is 15.0 Å². The van der Waals surface area contributed by atoms with Crippen molar-refractivity contribution >= 4 is 17.5 Å². The largest absolute Gasteiger partial charge is 0.394 e. The van der Waals surface area contributed by atoms with Crippen LogP contribution in [-0.4, -0.2) is 34.2 Å². The molecule has 0 spiro atoms. The van der Waals surface area contributed by atoms with Gasteiger partial charge in [-0.2, -0.15) is 0 Å². The molecule has 4 N–H and O–H groups in total. The first-order chi connectivity index (χ1) is 4.57. The van der Waals surface area contributed by atoms with Gasteiger partial charge in [0.25, 0.3) is 0 Å². The Balaban J connectivity index is 3.56. The van der Waals surface area contributed by atoms with E-state index in [0.717, 1.165) is 0 Å². The van der Waals surface area contributed by atoms with E-state index < -0.39 is 24.0 Å². The van der Waals surface area contributed by atoms with Crippen LogP contribution in [0.5, 0.6) is 0 Å². The third kappa shape index (κ3) is 3.66. The number of aliphatic hydroxyl groups excluding tert-OH is 2. The molecule has 4 nitrogen and oxygen atoms in total. The maximum Gasteiger partial charge on any atom is 0.235 e. The minimum Gasteiger partial charge on any atom is -0.394 e. The van der Waals surface area contributed by atoms with Crippen molar-refractivity contribution in [3.63, 3.8) is 0 Å². The van der Waals surface area contributed by atoms with E-state index in [1.54, 1.807) is 0 Å². The van der Waals surface area contributed by atoms with Crippen LogP contribution in [0.3, 0.4) is 0 Å². The zero-order chi connectivity index (χ0) is 8.15. The molecule has 1 amide bonds. The van der Waals surface area contributed by atoms with Gasteiger partial charge in [0.05, 0.1) is 12.7 Å². The van der Waals surface area contributed by atoms with Gasteiger partial charge in [-0.25, -0.2) is 0 Å². The van der Waals surface area contributed by atoms with E-state index in [0.29, 0.717) is 0 Å². The van der Waals surface area contributed by atoms with E-state index in [1.807, 2.05) is 0 Å². The number of primary amides is 1. The summed E-state index contributed by atoms with van der Waals surface area (Å²) in [5, 5.41) is 16.1. The van der Waals surface area contributed by atoms with Gasteiger partial charge in [0.1, 0.15) is 5.38 Å². The molecule has 2 atom stereocenters. The summed E-state index contributed by atoms with van der Waals surface area (Å²) >= 11 is 5.34. The van der Waals surface area contributed by atoms with Crippen LogP contribution in [0.4, 0.5) is 0 Å². The van der Waals surface area contributed by atoms with Gasteiger partial charge in [-0.05, 0) is 0 Å². The zero-order valence-electron chi connectivity index (χ0n) is 5.33. The molecule has 5 heteroatoms. The Morgan fingerprint density at radius 3 is 2.50 bits per heavy atom. The van der Waals surface area contributed by atoms with Gasteiger partial charge in [-0.3, -0.25) is 4.79 Å². The smallest absolute Gasteiger partial charge is 0.235 e. The molecular weight excluding hydrogens is 158 g/mol. The van der Waals surface area contributed by atoms with Gasteiger partial charge >= 0.3 is 0 Å². The second kappa shape index (κ2) is 4.49. The minimum atomic E-state index is -0.963. The molecule has 0 aromatic rings. The summed E-state index contributed by atoms with van der Waals surface area (Å²) in [5.41, 5.74) is 4.78. The highest BCUT2D eigenvalue weighted by atomic mass is 35.5. The molecule has 0 aromatic heterocycles. The molecule has 0 aliphatic rings. The van der Waals surface area contributed by atoms with Gasteiger partial charge in [0, 0.05) is 6.42 Å². The van der Waals surface area contributed by atoms with Crippen molar-refractivity contribution in [3.8, 4) is 0 Å². The standard InChI is InChI=1S/C5H10ClNO3/c6-4(5(7)10)1-3(9)2-8/h3-4,8-9H,1-2H2,(H2,7,10). The van der Waals surface area contributed by atoms with Crippen LogP contribution in [0, 0.1) is 0 Å². The van der Waals surface area contributed by atoms with Crippen LogP contribution in [0.2, 0.25) is 0 Å². The van der Waals surface area contributed by atoms with Crippen LogP contribution in [-0.2, 0) is 4.79 Å². The average molecular weight is 168 g/mol. The first kappa shape index (κ1) is 9.68. The molecule has 0 radical (unpaired) electrons. The SMILES string of the molecule is NC(=O)C(Cl)CC(O)CO. The summed E-state index contributed by atoms with van der Waals surface area (Å²) in [6.07, 6.45) is -0.970. The predicted molar refractivity (Wildman–Crippen MR) is 36.5 cm³/mol.